The van der Waals surface area contributed by atoms with Crippen LogP contribution in [-0.4, -0.2) is 12.6 Å². The summed E-state index contributed by atoms with van der Waals surface area (Å²) in [5.41, 5.74) is 6.76. The first-order valence-corrected chi connectivity index (χ1v) is 7.22. The van der Waals surface area contributed by atoms with Gasteiger partial charge in [-0.2, -0.15) is 0 Å². The SMILES string of the molecule is CC1CCC(Oc2ccc(Cl)cc2CCN)CC1. The minimum Gasteiger partial charge on any atom is -0.490 e. The van der Waals surface area contributed by atoms with Crippen molar-refractivity contribution in [3.8, 4) is 5.75 Å². The van der Waals surface area contributed by atoms with Gasteiger partial charge in [0.05, 0.1) is 6.10 Å². The molecule has 0 saturated heterocycles. The van der Waals surface area contributed by atoms with Gasteiger partial charge in [0.1, 0.15) is 5.75 Å². The van der Waals surface area contributed by atoms with Crippen molar-refractivity contribution in [3.63, 3.8) is 0 Å². The van der Waals surface area contributed by atoms with Crippen LogP contribution in [0.5, 0.6) is 5.75 Å². The Morgan fingerprint density at radius 1 is 1.28 bits per heavy atom. The number of hydrogen-bond donors (Lipinski definition) is 1. The lowest BCUT2D eigenvalue weighted by Crippen LogP contribution is -2.23. The molecule has 0 bridgehead atoms. The fourth-order valence-electron chi connectivity index (χ4n) is 2.54. The second kappa shape index (κ2) is 6.44. The zero-order chi connectivity index (χ0) is 13.0. The third-order valence-electron chi connectivity index (χ3n) is 3.69. The lowest BCUT2D eigenvalue weighted by Gasteiger charge is -2.27. The summed E-state index contributed by atoms with van der Waals surface area (Å²) in [5.74, 6) is 1.81. The Kier molecular flexibility index (Phi) is 4.90. The first-order chi connectivity index (χ1) is 8.69. The van der Waals surface area contributed by atoms with E-state index >= 15 is 0 Å². The summed E-state index contributed by atoms with van der Waals surface area (Å²) in [5, 5.41) is 0.753. The maximum Gasteiger partial charge on any atom is 0.123 e. The van der Waals surface area contributed by atoms with Crippen LogP contribution >= 0.6 is 11.6 Å². The quantitative estimate of drug-likeness (QED) is 0.901. The Labute approximate surface area is 114 Å². The van der Waals surface area contributed by atoms with Gasteiger partial charge in [0.15, 0.2) is 0 Å². The molecule has 1 aromatic rings. The van der Waals surface area contributed by atoms with Gasteiger partial charge in [0.25, 0.3) is 0 Å². The number of benzene rings is 1. The summed E-state index contributed by atoms with van der Waals surface area (Å²) in [6.45, 7) is 2.94. The largest absolute Gasteiger partial charge is 0.490 e. The van der Waals surface area contributed by atoms with Crippen LogP contribution in [0.25, 0.3) is 0 Å². The molecular formula is C15H22ClNO. The van der Waals surface area contributed by atoms with Crippen molar-refractivity contribution in [2.45, 2.75) is 45.1 Å². The number of hydrogen-bond acceptors (Lipinski definition) is 2. The van der Waals surface area contributed by atoms with Crippen molar-refractivity contribution in [2.75, 3.05) is 6.54 Å². The predicted molar refractivity (Wildman–Crippen MR) is 76.3 cm³/mol. The molecule has 0 amide bonds. The molecule has 0 spiro atoms. The van der Waals surface area contributed by atoms with E-state index in [4.69, 9.17) is 22.1 Å². The molecule has 1 aliphatic carbocycles. The molecule has 1 aliphatic rings. The molecule has 2 nitrogen and oxygen atoms in total. The molecular weight excluding hydrogens is 246 g/mol. The zero-order valence-corrected chi connectivity index (χ0v) is 11.7. The Morgan fingerprint density at radius 2 is 2.00 bits per heavy atom. The molecule has 0 radical (unpaired) electrons. The van der Waals surface area contributed by atoms with Gasteiger partial charge in [-0.3, -0.25) is 0 Å². The van der Waals surface area contributed by atoms with Crippen LogP contribution in [0.1, 0.15) is 38.2 Å². The van der Waals surface area contributed by atoms with Crippen LogP contribution in [0.15, 0.2) is 18.2 Å². The Morgan fingerprint density at radius 3 is 2.67 bits per heavy atom. The summed E-state index contributed by atoms with van der Waals surface area (Å²) >= 11 is 6.02. The van der Waals surface area contributed by atoms with Crippen LogP contribution < -0.4 is 10.5 Å². The maximum absolute atomic E-state index is 6.13. The summed E-state index contributed by atoms with van der Waals surface area (Å²) in [6, 6.07) is 5.84. The molecule has 18 heavy (non-hydrogen) atoms. The van der Waals surface area contributed by atoms with Crippen LogP contribution in [0.4, 0.5) is 0 Å². The van der Waals surface area contributed by atoms with Crippen molar-refractivity contribution in [3.05, 3.63) is 28.8 Å². The van der Waals surface area contributed by atoms with Crippen molar-refractivity contribution in [2.24, 2.45) is 11.7 Å². The van der Waals surface area contributed by atoms with Gasteiger partial charge in [0.2, 0.25) is 0 Å². The number of ether oxygens (including phenoxy) is 1. The lowest BCUT2D eigenvalue weighted by molar-refractivity contribution is 0.134. The molecule has 0 aliphatic heterocycles. The number of halogens is 1. The predicted octanol–water partition coefficient (Wildman–Crippen LogP) is 3.80. The van der Waals surface area contributed by atoms with E-state index in [0.29, 0.717) is 12.6 Å². The molecule has 0 atom stereocenters. The Bertz CT molecular complexity index is 386. The van der Waals surface area contributed by atoms with Crippen molar-refractivity contribution in [1.82, 2.24) is 0 Å². The van der Waals surface area contributed by atoms with E-state index in [1.54, 1.807) is 0 Å². The van der Waals surface area contributed by atoms with Crippen LogP contribution in [0.2, 0.25) is 5.02 Å². The molecule has 1 aromatic carbocycles. The highest BCUT2D eigenvalue weighted by Gasteiger charge is 2.20. The smallest absolute Gasteiger partial charge is 0.123 e. The molecule has 3 heteroatoms. The first kappa shape index (κ1) is 13.7. The minimum atomic E-state index is 0.360. The van der Waals surface area contributed by atoms with Crippen molar-refractivity contribution in [1.29, 1.82) is 0 Å². The molecule has 100 valence electrons. The normalized spacial score (nSPS) is 23.9. The van der Waals surface area contributed by atoms with Gasteiger partial charge >= 0.3 is 0 Å². The van der Waals surface area contributed by atoms with Gasteiger partial charge in [0, 0.05) is 5.02 Å². The van der Waals surface area contributed by atoms with Crippen LogP contribution in [0, 0.1) is 5.92 Å². The summed E-state index contributed by atoms with van der Waals surface area (Å²) in [6.07, 6.45) is 6.03. The van der Waals surface area contributed by atoms with E-state index in [0.717, 1.165) is 41.5 Å². The van der Waals surface area contributed by atoms with E-state index < -0.39 is 0 Å². The molecule has 1 fully saturated rings. The van der Waals surface area contributed by atoms with E-state index in [1.807, 2.05) is 18.2 Å². The van der Waals surface area contributed by atoms with E-state index in [9.17, 15) is 0 Å². The fourth-order valence-corrected chi connectivity index (χ4v) is 2.74. The summed E-state index contributed by atoms with van der Waals surface area (Å²) in [7, 11) is 0. The third kappa shape index (κ3) is 3.63. The molecule has 0 aromatic heterocycles. The summed E-state index contributed by atoms with van der Waals surface area (Å²) in [4.78, 5) is 0. The molecule has 1 saturated carbocycles. The third-order valence-corrected chi connectivity index (χ3v) is 3.93. The Hall–Kier alpha value is -0.730. The summed E-state index contributed by atoms with van der Waals surface area (Å²) < 4.78 is 6.13. The zero-order valence-electron chi connectivity index (χ0n) is 11.0. The number of rotatable bonds is 4. The highest BCUT2D eigenvalue weighted by atomic mass is 35.5. The minimum absolute atomic E-state index is 0.360. The van der Waals surface area contributed by atoms with Crippen LogP contribution in [0.3, 0.4) is 0 Å². The van der Waals surface area contributed by atoms with E-state index in [1.165, 1.54) is 12.8 Å². The first-order valence-electron chi connectivity index (χ1n) is 6.84. The van der Waals surface area contributed by atoms with Gasteiger partial charge < -0.3 is 10.5 Å². The monoisotopic (exact) mass is 267 g/mol. The number of nitrogens with two attached hydrogens (primary N) is 1. The standard InChI is InChI=1S/C15H22ClNO/c1-11-2-5-14(6-3-11)18-15-7-4-13(16)10-12(15)8-9-17/h4,7,10-11,14H,2-3,5-6,8-9,17H2,1H3. The van der Waals surface area contributed by atoms with Crippen molar-refractivity contribution >= 4 is 11.6 Å². The van der Waals surface area contributed by atoms with Gasteiger partial charge in [-0.15, -0.1) is 0 Å². The second-order valence-corrected chi connectivity index (χ2v) is 5.73. The molecule has 2 N–H and O–H groups in total. The van der Waals surface area contributed by atoms with Gasteiger partial charge in [-0.25, -0.2) is 0 Å². The lowest BCUT2D eigenvalue weighted by atomic mass is 9.89. The molecule has 2 rings (SSSR count). The van der Waals surface area contributed by atoms with E-state index in [2.05, 4.69) is 6.92 Å². The average molecular weight is 268 g/mol. The van der Waals surface area contributed by atoms with Gasteiger partial charge in [-0.1, -0.05) is 18.5 Å². The van der Waals surface area contributed by atoms with E-state index in [-0.39, 0.29) is 0 Å². The van der Waals surface area contributed by atoms with Gasteiger partial charge in [-0.05, 0) is 68.3 Å². The fraction of sp³-hybridized carbons (Fsp3) is 0.600. The molecule has 0 unspecified atom stereocenters. The highest BCUT2D eigenvalue weighted by Crippen LogP contribution is 2.30. The van der Waals surface area contributed by atoms with Crippen molar-refractivity contribution < 1.29 is 4.74 Å². The molecule has 0 heterocycles. The highest BCUT2D eigenvalue weighted by molar-refractivity contribution is 6.30. The Balaban J connectivity index is 2.03. The second-order valence-electron chi connectivity index (χ2n) is 5.29. The topological polar surface area (TPSA) is 35.2 Å². The average Bonchev–Trinajstić information content (AvgIpc) is 2.36. The van der Waals surface area contributed by atoms with Crippen LogP contribution in [-0.2, 0) is 6.42 Å². The maximum atomic E-state index is 6.13.